The zero-order valence-corrected chi connectivity index (χ0v) is 15.2. The average Bonchev–Trinajstić information content (AvgIpc) is 3.06. The minimum atomic E-state index is 0.0428. The number of carbonyl (C=O) groups excluding carboxylic acids is 1. The first kappa shape index (κ1) is 17.0. The summed E-state index contributed by atoms with van der Waals surface area (Å²) in [4.78, 5) is 19.4. The summed E-state index contributed by atoms with van der Waals surface area (Å²) in [5, 5.41) is 10.9. The van der Waals surface area contributed by atoms with Gasteiger partial charge in [-0.2, -0.15) is 5.10 Å². The topological polar surface area (TPSA) is 75.1 Å². The summed E-state index contributed by atoms with van der Waals surface area (Å²) in [6.45, 7) is 4.47. The van der Waals surface area contributed by atoms with Gasteiger partial charge in [-0.25, -0.2) is 4.98 Å². The van der Waals surface area contributed by atoms with Gasteiger partial charge >= 0.3 is 0 Å². The Morgan fingerprint density at radius 3 is 3.08 bits per heavy atom. The van der Waals surface area contributed by atoms with E-state index in [1.807, 2.05) is 30.2 Å². The molecule has 0 spiro atoms. The molecule has 4 rings (SSSR count). The van der Waals surface area contributed by atoms with Crippen molar-refractivity contribution in [1.29, 1.82) is 0 Å². The maximum absolute atomic E-state index is 12.6. The van der Waals surface area contributed by atoms with E-state index in [9.17, 15) is 4.79 Å². The van der Waals surface area contributed by atoms with Gasteiger partial charge in [-0.05, 0) is 42.5 Å². The minimum Gasteiger partial charge on any atom is -0.354 e. The summed E-state index contributed by atoms with van der Waals surface area (Å²) in [5.41, 5.74) is 3.45. The lowest BCUT2D eigenvalue weighted by Crippen LogP contribution is -2.43. The molecule has 2 aromatic rings. The van der Waals surface area contributed by atoms with Gasteiger partial charge in [-0.3, -0.25) is 9.48 Å². The molecule has 1 fully saturated rings. The van der Waals surface area contributed by atoms with E-state index in [4.69, 9.17) is 0 Å². The molecule has 1 amide bonds. The predicted molar refractivity (Wildman–Crippen MR) is 99.9 cm³/mol. The Morgan fingerprint density at radius 1 is 1.38 bits per heavy atom. The normalized spacial score (nSPS) is 19.9. The summed E-state index contributed by atoms with van der Waals surface area (Å²) in [7, 11) is 1.94. The zero-order chi connectivity index (χ0) is 17.9. The van der Waals surface area contributed by atoms with Crippen LogP contribution in [-0.2, 0) is 31.2 Å². The van der Waals surface area contributed by atoms with Crippen molar-refractivity contribution in [2.24, 2.45) is 13.0 Å². The number of anilines is 1. The number of pyridine rings is 1. The molecule has 7 heteroatoms. The summed E-state index contributed by atoms with van der Waals surface area (Å²) < 4.78 is 1.85. The highest BCUT2D eigenvalue weighted by Gasteiger charge is 2.26. The number of hydrogen-bond donors (Lipinski definition) is 2. The number of amides is 1. The van der Waals surface area contributed by atoms with Crippen LogP contribution in [0.5, 0.6) is 0 Å². The molecular formula is C19H26N6O. The second kappa shape index (κ2) is 7.45. The van der Waals surface area contributed by atoms with Crippen molar-refractivity contribution >= 4 is 11.7 Å². The molecule has 0 radical (unpaired) electrons. The fourth-order valence-corrected chi connectivity index (χ4v) is 3.84. The molecular weight excluding hydrogens is 328 g/mol. The molecule has 7 nitrogen and oxygen atoms in total. The van der Waals surface area contributed by atoms with E-state index in [-0.39, 0.29) is 11.8 Å². The van der Waals surface area contributed by atoms with Gasteiger partial charge in [0.25, 0.3) is 0 Å². The van der Waals surface area contributed by atoms with Crippen LogP contribution in [0.15, 0.2) is 24.5 Å². The van der Waals surface area contributed by atoms with E-state index >= 15 is 0 Å². The van der Waals surface area contributed by atoms with Crippen molar-refractivity contribution in [3.8, 4) is 0 Å². The molecule has 0 bridgehead atoms. The largest absolute Gasteiger partial charge is 0.354 e. The number of hydrogen-bond acceptors (Lipinski definition) is 5. The van der Waals surface area contributed by atoms with E-state index in [1.54, 1.807) is 0 Å². The number of fused-ring (bicyclic) bond motifs is 1. The van der Waals surface area contributed by atoms with Crippen molar-refractivity contribution in [2.45, 2.75) is 25.8 Å². The first-order chi connectivity index (χ1) is 12.7. The standard InChI is InChI=1S/C19H26N6O/c1-24-13-16-11-15(2-3-17(16)23-24)19(26)22-12-14-4-5-21-18(10-14)25-8-6-20-7-9-25/h4-5,10,13,15,20H,2-3,6-9,11-12H2,1H3,(H,22,26). The third-order valence-corrected chi connectivity index (χ3v) is 5.28. The number of carbonyl (C=O) groups is 1. The second-order valence-corrected chi connectivity index (χ2v) is 7.19. The minimum absolute atomic E-state index is 0.0428. The Labute approximate surface area is 153 Å². The lowest BCUT2D eigenvalue weighted by Gasteiger charge is -2.28. The van der Waals surface area contributed by atoms with Crippen molar-refractivity contribution in [2.75, 3.05) is 31.1 Å². The molecule has 1 saturated heterocycles. The number of piperazine rings is 1. The Hall–Kier alpha value is -2.41. The van der Waals surface area contributed by atoms with Crippen molar-refractivity contribution in [3.05, 3.63) is 41.3 Å². The first-order valence-corrected chi connectivity index (χ1v) is 9.39. The molecule has 0 aromatic carbocycles. The van der Waals surface area contributed by atoms with Gasteiger partial charge in [0.15, 0.2) is 0 Å². The van der Waals surface area contributed by atoms with Gasteiger partial charge in [0.2, 0.25) is 5.91 Å². The van der Waals surface area contributed by atoms with Crippen LogP contribution in [0.2, 0.25) is 0 Å². The second-order valence-electron chi connectivity index (χ2n) is 7.19. The summed E-state index contributed by atoms with van der Waals surface area (Å²) in [6, 6.07) is 4.07. The third kappa shape index (κ3) is 3.72. The molecule has 0 saturated carbocycles. The molecule has 1 aliphatic heterocycles. The van der Waals surface area contributed by atoms with Crippen LogP contribution < -0.4 is 15.5 Å². The maximum atomic E-state index is 12.6. The summed E-state index contributed by atoms with van der Waals surface area (Å²) >= 11 is 0. The molecule has 1 atom stereocenters. The highest BCUT2D eigenvalue weighted by atomic mass is 16.1. The highest BCUT2D eigenvalue weighted by Crippen LogP contribution is 2.24. The SMILES string of the molecule is Cn1cc2c(n1)CCC(C(=O)NCc1ccnc(N3CCNCC3)c1)C2. The molecule has 2 aliphatic rings. The number of nitrogens with one attached hydrogen (secondary N) is 2. The Morgan fingerprint density at radius 2 is 2.23 bits per heavy atom. The summed E-state index contributed by atoms with van der Waals surface area (Å²) in [6.07, 6.45) is 6.42. The van der Waals surface area contributed by atoms with Crippen LogP contribution in [0.25, 0.3) is 0 Å². The van der Waals surface area contributed by atoms with Crippen LogP contribution >= 0.6 is 0 Å². The predicted octanol–water partition coefficient (Wildman–Crippen LogP) is 0.646. The maximum Gasteiger partial charge on any atom is 0.223 e. The van der Waals surface area contributed by atoms with E-state index in [2.05, 4.69) is 31.7 Å². The number of aromatic nitrogens is 3. The van der Waals surface area contributed by atoms with Gasteiger partial charge in [0, 0.05) is 58.1 Å². The Bertz CT molecular complexity index is 780. The molecule has 3 heterocycles. The van der Waals surface area contributed by atoms with Crippen LogP contribution in [0, 0.1) is 5.92 Å². The Kier molecular flexibility index (Phi) is 4.88. The summed E-state index contributed by atoms with van der Waals surface area (Å²) in [5.74, 6) is 1.18. The van der Waals surface area contributed by atoms with Gasteiger partial charge < -0.3 is 15.5 Å². The smallest absolute Gasteiger partial charge is 0.223 e. The van der Waals surface area contributed by atoms with Gasteiger partial charge in [0.05, 0.1) is 5.69 Å². The van der Waals surface area contributed by atoms with Crippen LogP contribution in [0.3, 0.4) is 0 Å². The van der Waals surface area contributed by atoms with Crippen LogP contribution in [0.1, 0.15) is 23.2 Å². The zero-order valence-electron chi connectivity index (χ0n) is 15.2. The third-order valence-electron chi connectivity index (χ3n) is 5.28. The lowest BCUT2D eigenvalue weighted by molar-refractivity contribution is -0.125. The van der Waals surface area contributed by atoms with Gasteiger partial charge in [0.1, 0.15) is 5.82 Å². The average molecular weight is 354 g/mol. The quantitative estimate of drug-likeness (QED) is 0.843. The van der Waals surface area contributed by atoms with Crippen molar-refractivity contribution in [3.63, 3.8) is 0 Å². The lowest BCUT2D eigenvalue weighted by atomic mass is 9.87. The monoisotopic (exact) mass is 354 g/mol. The van der Waals surface area contributed by atoms with Crippen molar-refractivity contribution in [1.82, 2.24) is 25.4 Å². The molecule has 26 heavy (non-hydrogen) atoms. The first-order valence-electron chi connectivity index (χ1n) is 9.39. The number of nitrogens with zero attached hydrogens (tertiary/aromatic N) is 4. The molecule has 138 valence electrons. The van der Waals surface area contributed by atoms with Gasteiger partial charge in [-0.15, -0.1) is 0 Å². The molecule has 2 aromatic heterocycles. The van der Waals surface area contributed by atoms with E-state index in [0.29, 0.717) is 6.54 Å². The highest BCUT2D eigenvalue weighted by molar-refractivity contribution is 5.79. The van der Waals surface area contributed by atoms with E-state index in [1.165, 1.54) is 5.56 Å². The van der Waals surface area contributed by atoms with E-state index in [0.717, 1.165) is 62.5 Å². The molecule has 1 aliphatic carbocycles. The Balaban J connectivity index is 1.34. The number of rotatable bonds is 4. The molecule has 1 unspecified atom stereocenters. The molecule has 2 N–H and O–H groups in total. The fraction of sp³-hybridized carbons (Fsp3) is 0.526. The fourth-order valence-electron chi connectivity index (χ4n) is 3.84. The van der Waals surface area contributed by atoms with Crippen LogP contribution in [0.4, 0.5) is 5.82 Å². The van der Waals surface area contributed by atoms with Crippen molar-refractivity contribution < 1.29 is 4.79 Å². The van der Waals surface area contributed by atoms with Gasteiger partial charge in [-0.1, -0.05) is 0 Å². The van der Waals surface area contributed by atoms with E-state index < -0.39 is 0 Å². The van der Waals surface area contributed by atoms with Crippen LogP contribution in [-0.4, -0.2) is 46.9 Å². The number of aryl methyl sites for hydroxylation is 2.